The van der Waals surface area contributed by atoms with E-state index in [-0.39, 0.29) is 28.0 Å². The van der Waals surface area contributed by atoms with Gasteiger partial charge in [-0.25, -0.2) is 4.98 Å². The van der Waals surface area contributed by atoms with Gasteiger partial charge in [-0.05, 0) is 67.5 Å². The van der Waals surface area contributed by atoms with Gasteiger partial charge in [0.25, 0.3) is 11.6 Å². The number of thiocarbonyl (C=S) groups is 1. The zero-order chi connectivity index (χ0) is 23.7. The summed E-state index contributed by atoms with van der Waals surface area (Å²) in [5.74, 6) is -0.533. The van der Waals surface area contributed by atoms with Crippen molar-refractivity contribution in [1.29, 1.82) is 0 Å². The van der Waals surface area contributed by atoms with Crippen LogP contribution in [0.5, 0.6) is 5.75 Å². The Balaban J connectivity index is 1.56. The maximum Gasteiger partial charge on any atom is 0.282 e. The molecule has 0 bridgehead atoms. The summed E-state index contributed by atoms with van der Waals surface area (Å²) in [6, 6.07) is 14.0. The van der Waals surface area contributed by atoms with Gasteiger partial charge in [0, 0.05) is 11.8 Å². The summed E-state index contributed by atoms with van der Waals surface area (Å²) in [5, 5.41) is 26.7. The van der Waals surface area contributed by atoms with Gasteiger partial charge >= 0.3 is 0 Å². The third kappa shape index (κ3) is 4.51. The lowest BCUT2D eigenvalue weighted by molar-refractivity contribution is -0.385. The lowest BCUT2D eigenvalue weighted by atomic mass is 10.1. The van der Waals surface area contributed by atoms with Crippen LogP contribution in [0, 0.1) is 24.0 Å². The third-order valence-corrected chi connectivity index (χ3v) is 5.08. The van der Waals surface area contributed by atoms with Crippen LogP contribution in [-0.2, 0) is 0 Å². The quantitative estimate of drug-likeness (QED) is 0.170. The number of benzene rings is 3. The molecule has 4 rings (SSSR count). The van der Waals surface area contributed by atoms with Crippen LogP contribution in [0.25, 0.3) is 22.6 Å². The van der Waals surface area contributed by atoms with E-state index in [0.29, 0.717) is 22.4 Å². The molecule has 0 spiro atoms. The van der Waals surface area contributed by atoms with Gasteiger partial charge in [0.2, 0.25) is 5.89 Å². The molecule has 10 heteroatoms. The summed E-state index contributed by atoms with van der Waals surface area (Å²) < 4.78 is 5.87. The summed E-state index contributed by atoms with van der Waals surface area (Å²) in [5.41, 5.74) is 3.61. The number of nitrogens with zero attached hydrogens (tertiary/aromatic N) is 2. The van der Waals surface area contributed by atoms with Crippen LogP contribution in [0.1, 0.15) is 21.5 Å². The number of nitro groups is 1. The van der Waals surface area contributed by atoms with Crippen molar-refractivity contribution in [3.63, 3.8) is 0 Å². The van der Waals surface area contributed by atoms with E-state index in [0.717, 1.165) is 11.1 Å². The molecule has 0 aliphatic rings. The number of para-hydroxylation sites is 1. The standard InChI is InChI=1S/C23H18N4O5S/c1-12-9-13(2)20-17(10-12)25-22(32-20)16-11-14(7-8-19(16)28)24-23(33)26-21(29)15-5-3-4-6-18(15)27(30)31/h3-11,28H,1-2H3,(H2,24,26,29,33). The minimum Gasteiger partial charge on any atom is -0.507 e. The van der Waals surface area contributed by atoms with Crippen LogP contribution in [0.2, 0.25) is 0 Å². The number of amides is 1. The molecule has 1 amide bonds. The van der Waals surface area contributed by atoms with Gasteiger partial charge in [-0.3, -0.25) is 20.2 Å². The molecule has 0 saturated carbocycles. The molecule has 0 aliphatic heterocycles. The first kappa shape index (κ1) is 21.9. The zero-order valence-electron chi connectivity index (χ0n) is 17.6. The first-order chi connectivity index (χ1) is 15.7. The molecule has 3 aromatic carbocycles. The van der Waals surface area contributed by atoms with E-state index in [9.17, 15) is 20.0 Å². The normalized spacial score (nSPS) is 10.7. The maximum atomic E-state index is 12.5. The van der Waals surface area contributed by atoms with E-state index >= 15 is 0 Å². The Morgan fingerprint density at radius 1 is 1.15 bits per heavy atom. The highest BCUT2D eigenvalue weighted by Gasteiger charge is 2.20. The topological polar surface area (TPSA) is 131 Å². The van der Waals surface area contributed by atoms with E-state index in [1.807, 2.05) is 26.0 Å². The summed E-state index contributed by atoms with van der Waals surface area (Å²) in [4.78, 5) is 27.5. The number of fused-ring (bicyclic) bond motifs is 1. The van der Waals surface area contributed by atoms with E-state index in [4.69, 9.17) is 16.6 Å². The molecule has 1 heterocycles. The number of aromatic nitrogens is 1. The lowest BCUT2D eigenvalue weighted by Gasteiger charge is -2.11. The number of nitrogens with one attached hydrogen (secondary N) is 2. The Kier molecular flexibility index (Phi) is 5.76. The molecular formula is C23H18N4O5S. The van der Waals surface area contributed by atoms with Gasteiger partial charge < -0.3 is 14.8 Å². The highest BCUT2D eigenvalue weighted by Crippen LogP contribution is 2.34. The Morgan fingerprint density at radius 2 is 1.91 bits per heavy atom. The minimum atomic E-state index is -0.719. The van der Waals surface area contributed by atoms with Gasteiger partial charge in [0.1, 0.15) is 16.8 Å². The first-order valence-corrected chi connectivity index (χ1v) is 10.2. The summed E-state index contributed by atoms with van der Waals surface area (Å²) in [7, 11) is 0. The largest absolute Gasteiger partial charge is 0.507 e. The highest BCUT2D eigenvalue weighted by atomic mass is 32.1. The predicted molar refractivity (Wildman–Crippen MR) is 127 cm³/mol. The van der Waals surface area contributed by atoms with Crippen LogP contribution in [0.4, 0.5) is 11.4 Å². The van der Waals surface area contributed by atoms with Crippen LogP contribution < -0.4 is 10.6 Å². The fourth-order valence-corrected chi connectivity index (χ4v) is 3.65. The molecule has 9 nitrogen and oxygen atoms in total. The maximum absolute atomic E-state index is 12.5. The number of aromatic hydroxyl groups is 1. The summed E-state index contributed by atoms with van der Waals surface area (Å²) >= 11 is 5.18. The fraction of sp³-hybridized carbons (Fsp3) is 0.0870. The molecule has 33 heavy (non-hydrogen) atoms. The number of oxazole rings is 1. The van der Waals surface area contributed by atoms with Crippen molar-refractivity contribution in [3.05, 3.63) is 81.4 Å². The van der Waals surface area contributed by atoms with Gasteiger partial charge in [-0.15, -0.1) is 0 Å². The number of nitro benzene ring substituents is 1. The molecule has 0 unspecified atom stereocenters. The number of aryl methyl sites for hydroxylation is 2. The molecule has 4 aromatic rings. The Morgan fingerprint density at radius 3 is 2.67 bits per heavy atom. The van der Waals surface area contributed by atoms with Crippen molar-refractivity contribution in [2.75, 3.05) is 5.32 Å². The fourth-order valence-electron chi connectivity index (χ4n) is 3.43. The number of phenolic OH excluding ortho intramolecular Hbond substituents is 1. The summed E-state index contributed by atoms with van der Waals surface area (Å²) in [6.07, 6.45) is 0. The van der Waals surface area contributed by atoms with Crippen LogP contribution in [0.3, 0.4) is 0 Å². The summed E-state index contributed by atoms with van der Waals surface area (Å²) in [6.45, 7) is 3.88. The third-order valence-electron chi connectivity index (χ3n) is 4.88. The van der Waals surface area contributed by atoms with Gasteiger partial charge in [0.15, 0.2) is 10.7 Å². The van der Waals surface area contributed by atoms with E-state index < -0.39 is 10.8 Å². The molecule has 0 fully saturated rings. The number of phenols is 1. The minimum absolute atomic E-state index is 0.0451. The number of hydrogen-bond donors (Lipinski definition) is 3. The second-order valence-electron chi connectivity index (χ2n) is 7.36. The Bertz CT molecular complexity index is 1430. The molecule has 1 aromatic heterocycles. The number of hydrogen-bond acceptors (Lipinski definition) is 7. The molecule has 3 N–H and O–H groups in total. The SMILES string of the molecule is Cc1cc(C)c2oc(-c3cc(NC(=S)NC(=O)c4ccccc4[N+](=O)[O-])ccc3O)nc2c1. The number of carbonyl (C=O) groups excluding carboxylic acids is 1. The van der Waals surface area contributed by atoms with Crippen molar-refractivity contribution >= 4 is 45.7 Å². The monoisotopic (exact) mass is 462 g/mol. The van der Waals surface area contributed by atoms with Crippen molar-refractivity contribution in [1.82, 2.24) is 10.3 Å². The van der Waals surface area contributed by atoms with Crippen LogP contribution >= 0.6 is 12.2 Å². The van der Waals surface area contributed by atoms with Crippen molar-refractivity contribution < 1.29 is 19.2 Å². The zero-order valence-corrected chi connectivity index (χ0v) is 18.4. The number of rotatable bonds is 4. The first-order valence-electron chi connectivity index (χ1n) is 9.80. The van der Waals surface area contributed by atoms with Crippen molar-refractivity contribution in [2.24, 2.45) is 0 Å². The Hall–Kier alpha value is -4.31. The van der Waals surface area contributed by atoms with E-state index in [2.05, 4.69) is 15.6 Å². The average molecular weight is 462 g/mol. The van der Waals surface area contributed by atoms with E-state index in [1.54, 1.807) is 12.1 Å². The Labute approximate surface area is 193 Å². The molecule has 166 valence electrons. The highest BCUT2D eigenvalue weighted by molar-refractivity contribution is 7.80. The van der Waals surface area contributed by atoms with Gasteiger partial charge in [-0.1, -0.05) is 18.2 Å². The molecule has 0 radical (unpaired) electrons. The molecule has 0 aliphatic carbocycles. The second-order valence-corrected chi connectivity index (χ2v) is 7.77. The van der Waals surface area contributed by atoms with Crippen LogP contribution in [0.15, 0.2) is 59.0 Å². The van der Waals surface area contributed by atoms with Crippen molar-refractivity contribution in [2.45, 2.75) is 13.8 Å². The second kappa shape index (κ2) is 8.67. The van der Waals surface area contributed by atoms with Gasteiger partial charge in [0.05, 0.1) is 10.5 Å². The molecular weight excluding hydrogens is 444 g/mol. The van der Waals surface area contributed by atoms with E-state index in [1.165, 1.54) is 30.3 Å². The average Bonchev–Trinajstić information content (AvgIpc) is 3.19. The van der Waals surface area contributed by atoms with Crippen molar-refractivity contribution in [3.8, 4) is 17.2 Å². The smallest absolute Gasteiger partial charge is 0.282 e. The van der Waals surface area contributed by atoms with Gasteiger partial charge in [-0.2, -0.15) is 0 Å². The predicted octanol–water partition coefficient (Wildman–Crippen LogP) is 4.85. The van der Waals surface area contributed by atoms with Crippen LogP contribution in [-0.4, -0.2) is 26.0 Å². The number of anilines is 1. The molecule has 0 saturated heterocycles. The lowest BCUT2D eigenvalue weighted by Crippen LogP contribution is -2.34. The molecule has 0 atom stereocenters. The number of carbonyl (C=O) groups is 1.